The number of methoxy groups -OCH3 is 2. The third-order valence-corrected chi connectivity index (χ3v) is 3.11. The number of ether oxygens (including phenoxy) is 2. The number of carbonyl (C=O) groups is 3. The average molecular weight is 278 g/mol. The Kier molecular flexibility index (Phi) is 3.97. The number of pyridine rings is 1. The molecule has 0 aromatic carbocycles. The molecule has 1 unspecified atom stereocenters. The van der Waals surface area contributed by atoms with Crippen LogP contribution in [0.3, 0.4) is 0 Å². The van der Waals surface area contributed by atoms with Crippen LogP contribution in [-0.4, -0.2) is 43.6 Å². The first-order valence-corrected chi connectivity index (χ1v) is 6.00. The van der Waals surface area contributed by atoms with Gasteiger partial charge in [0, 0.05) is 19.2 Å². The van der Waals surface area contributed by atoms with Crippen LogP contribution in [0.1, 0.15) is 16.8 Å². The van der Waals surface area contributed by atoms with Crippen molar-refractivity contribution >= 4 is 23.7 Å². The molecule has 7 heteroatoms. The quantitative estimate of drug-likeness (QED) is 0.744. The first-order valence-electron chi connectivity index (χ1n) is 6.00. The maximum Gasteiger partial charge on any atom is 0.341 e. The topological polar surface area (TPSA) is 85.8 Å². The Hall–Kier alpha value is -2.44. The van der Waals surface area contributed by atoms with E-state index in [2.05, 4.69) is 14.5 Å². The highest BCUT2D eigenvalue weighted by Gasteiger charge is 2.37. The van der Waals surface area contributed by atoms with Crippen molar-refractivity contribution in [2.75, 3.05) is 25.7 Å². The highest BCUT2D eigenvalue weighted by molar-refractivity contribution is 6.04. The molecule has 20 heavy (non-hydrogen) atoms. The van der Waals surface area contributed by atoms with Crippen molar-refractivity contribution in [3.05, 3.63) is 23.9 Å². The van der Waals surface area contributed by atoms with Crippen LogP contribution in [0.2, 0.25) is 0 Å². The predicted octanol–water partition coefficient (Wildman–Crippen LogP) is 0.394. The summed E-state index contributed by atoms with van der Waals surface area (Å²) in [6.45, 7) is 0.145. The summed E-state index contributed by atoms with van der Waals surface area (Å²) in [6, 6.07) is 3.10. The van der Waals surface area contributed by atoms with Crippen molar-refractivity contribution in [2.24, 2.45) is 5.92 Å². The number of rotatable bonds is 3. The largest absolute Gasteiger partial charge is 0.469 e. The Morgan fingerprint density at radius 2 is 2.10 bits per heavy atom. The Balaban J connectivity index is 2.31. The van der Waals surface area contributed by atoms with Gasteiger partial charge in [0.2, 0.25) is 5.91 Å². The third-order valence-electron chi connectivity index (χ3n) is 3.11. The summed E-state index contributed by atoms with van der Waals surface area (Å²) in [5, 5.41) is 0. The van der Waals surface area contributed by atoms with E-state index >= 15 is 0 Å². The molecule has 0 N–H and O–H groups in total. The minimum absolute atomic E-state index is 0.0455. The van der Waals surface area contributed by atoms with E-state index in [9.17, 15) is 14.4 Å². The van der Waals surface area contributed by atoms with Gasteiger partial charge in [-0.25, -0.2) is 9.78 Å². The number of anilines is 1. The van der Waals surface area contributed by atoms with Crippen molar-refractivity contribution < 1.29 is 23.9 Å². The third kappa shape index (κ3) is 2.47. The van der Waals surface area contributed by atoms with Gasteiger partial charge >= 0.3 is 11.9 Å². The SMILES string of the molecule is COC(=O)c1cccnc1N1CC(C(=O)OC)CC1=O. The lowest BCUT2D eigenvalue weighted by Gasteiger charge is -2.17. The number of carbonyl (C=O) groups excluding carboxylic acids is 3. The number of esters is 2. The van der Waals surface area contributed by atoms with Crippen LogP contribution in [0.25, 0.3) is 0 Å². The number of hydrogen-bond acceptors (Lipinski definition) is 6. The molecule has 0 saturated carbocycles. The van der Waals surface area contributed by atoms with Crippen molar-refractivity contribution in [1.82, 2.24) is 4.98 Å². The summed E-state index contributed by atoms with van der Waals surface area (Å²) < 4.78 is 9.29. The Labute approximate surface area is 115 Å². The second-order valence-corrected chi connectivity index (χ2v) is 4.29. The van der Waals surface area contributed by atoms with E-state index in [1.54, 1.807) is 6.07 Å². The van der Waals surface area contributed by atoms with Crippen molar-refractivity contribution in [2.45, 2.75) is 6.42 Å². The van der Waals surface area contributed by atoms with Crippen LogP contribution in [-0.2, 0) is 19.1 Å². The molecule has 1 aromatic heterocycles. The Bertz CT molecular complexity index is 557. The fraction of sp³-hybridized carbons (Fsp3) is 0.385. The summed E-state index contributed by atoms with van der Waals surface area (Å²) in [5.41, 5.74) is 0.189. The Morgan fingerprint density at radius 3 is 2.75 bits per heavy atom. The van der Waals surface area contributed by atoms with Gasteiger partial charge in [0.1, 0.15) is 11.4 Å². The van der Waals surface area contributed by atoms with E-state index < -0.39 is 17.9 Å². The van der Waals surface area contributed by atoms with Crippen LogP contribution < -0.4 is 4.90 Å². The van der Waals surface area contributed by atoms with Crippen molar-refractivity contribution in [3.63, 3.8) is 0 Å². The molecular formula is C13H14N2O5. The molecule has 1 atom stereocenters. The van der Waals surface area contributed by atoms with E-state index in [4.69, 9.17) is 0 Å². The fourth-order valence-corrected chi connectivity index (χ4v) is 2.12. The second kappa shape index (κ2) is 5.68. The summed E-state index contributed by atoms with van der Waals surface area (Å²) in [5.74, 6) is -1.64. The molecule has 1 saturated heterocycles. The molecule has 0 aliphatic carbocycles. The molecule has 1 aliphatic heterocycles. The summed E-state index contributed by atoms with van der Waals surface area (Å²) in [4.78, 5) is 40.5. The zero-order chi connectivity index (χ0) is 14.7. The van der Waals surface area contributed by atoms with Crippen LogP contribution in [0, 0.1) is 5.92 Å². The highest BCUT2D eigenvalue weighted by atomic mass is 16.5. The van der Waals surface area contributed by atoms with Crippen LogP contribution in [0.4, 0.5) is 5.82 Å². The van der Waals surface area contributed by atoms with Crippen molar-refractivity contribution in [3.8, 4) is 0 Å². The monoisotopic (exact) mass is 278 g/mol. The predicted molar refractivity (Wildman–Crippen MR) is 68.1 cm³/mol. The lowest BCUT2D eigenvalue weighted by atomic mass is 10.1. The fourth-order valence-electron chi connectivity index (χ4n) is 2.12. The van der Waals surface area contributed by atoms with Gasteiger partial charge in [0.15, 0.2) is 0 Å². The second-order valence-electron chi connectivity index (χ2n) is 4.29. The van der Waals surface area contributed by atoms with Gasteiger partial charge in [0.25, 0.3) is 0 Å². The standard InChI is InChI=1S/C13H14N2O5/c1-19-12(17)8-6-10(16)15(7-8)11-9(13(18)20-2)4-3-5-14-11/h3-5,8H,6-7H2,1-2H3. The van der Waals surface area contributed by atoms with Crippen molar-refractivity contribution in [1.29, 1.82) is 0 Å². The number of hydrogen-bond donors (Lipinski definition) is 0. The summed E-state index contributed by atoms with van der Waals surface area (Å²) in [7, 11) is 2.53. The minimum atomic E-state index is -0.581. The highest BCUT2D eigenvalue weighted by Crippen LogP contribution is 2.27. The summed E-state index contributed by atoms with van der Waals surface area (Å²) >= 11 is 0. The van der Waals surface area contributed by atoms with Gasteiger partial charge in [0.05, 0.1) is 20.1 Å². The first kappa shape index (κ1) is 14.0. The van der Waals surface area contributed by atoms with E-state index in [0.717, 1.165) is 0 Å². The number of aromatic nitrogens is 1. The van der Waals surface area contributed by atoms with Gasteiger partial charge in [-0.2, -0.15) is 0 Å². The maximum absolute atomic E-state index is 12.0. The molecule has 1 aromatic rings. The van der Waals surface area contributed by atoms with Crippen LogP contribution in [0.5, 0.6) is 0 Å². The smallest absolute Gasteiger partial charge is 0.341 e. The van der Waals surface area contributed by atoms with Gasteiger partial charge in [-0.1, -0.05) is 0 Å². The first-order chi connectivity index (χ1) is 9.58. The molecule has 0 bridgehead atoms. The normalized spacial score (nSPS) is 18.0. The van der Waals surface area contributed by atoms with Crippen LogP contribution >= 0.6 is 0 Å². The van der Waals surface area contributed by atoms with Crippen LogP contribution in [0.15, 0.2) is 18.3 Å². The number of amides is 1. The zero-order valence-electron chi connectivity index (χ0n) is 11.2. The van der Waals surface area contributed by atoms with E-state index in [1.165, 1.54) is 31.4 Å². The van der Waals surface area contributed by atoms with Gasteiger partial charge in [-0.15, -0.1) is 0 Å². The van der Waals surface area contributed by atoms with Gasteiger partial charge < -0.3 is 9.47 Å². The molecule has 0 radical (unpaired) electrons. The molecule has 1 aliphatic rings. The van der Waals surface area contributed by atoms with Gasteiger partial charge in [-0.3, -0.25) is 14.5 Å². The lowest BCUT2D eigenvalue weighted by Crippen LogP contribution is -2.29. The minimum Gasteiger partial charge on any atom is -0.469 e. The molecule has 1 fully saturated rings. The number of nitrogens with zero attached hydrogens (tertiary/aromatic N) is 2. The zero-order valence-corrected chi connectivity index (χ0v) is 11.2. The molecule has 7 nitrogen and oxygen atoms in total. The lowest BCUT2D eigenvalue weighted by molar-refractivity contribution is -0.145. The molecular weight excluding hydrogens is 264 g/mol. The van der Waals surface area contributed by atoms with E-state index in [1.807, 2.05) is 0 Å². The maximum atomic E-state index is 12.0. The van der Waals surface area contributed by atoms with Gasteiger partial charge in [-0.05, 0) is 12.1 Å². The molecule has 106 valence electrons. The molecule has 2 rings (SSSR count). The molecule has 1 amide bonds. The molecule has 2 heterocycles. The average Bonchev–Trinajstić information content (AvgIpc) is 2.87. The Morgan fingerprint density at radius 1 is 1.35 bits per heavy atom. The van der Waals surface area contributed by atoms with E-state index in [-0.39, 0.29) is 30.3 Å². The summed E-state index contributed by atoms with van der Waals surface area (Å²) in [6.07, 6.45) is 1.52. The van der Waals surface area contributed by atoms with E-state index in [0.29, 0.717) is 0 Å². The molecule has 0 spiro atoms.